The predicted molar refractivity (Wildman–Crippen MR) is 79.1 cm³/mol. The molecule has 1 aromatic rings. The van der Waals surface area contributed by atoms with Crippen LogP contribution in [0.2, 0.25) is 0 Å². The summed E-state index contributed by atoms with van der Waals surface area (Å²) in [5.41, 5.74) is 0.0458. The highest BCUT2D eigenvalue weighted by atomic mass is 16.3. The van der Waals surface area contributed by atoms with Gasteiger partial charge in [0.25, 0.3) is 11.5 Å². The van der Waals surface area contributed by atoms with Crippen LogP contribution in [-0.2, 0) is 6.54 Å². The fraction of sp³-hybridized carbons (Fsp3) is 0.667. The first-order valence-corrected chi connectivity index (χ1v) is 7.66. The summed E-state index contributed by atoms with van der Waals surface area (Å²) in [6.45, 7) is 2.90. The van der Waals surface area contributed by atoms with Crippen LogP contribution in [0.1, 0.15) is 49.5 Å². The van der Waals surface area contributed by atoms with Crippen molar-refractivity contribution in [2.75, 3.05) is 6.54 Å². The first-order chi connectivity index (χ1) is 10.1. The standard InChI is InChI=1S/C15H23N3O3/c1-2-9-18-14(20)8-7-12(17-18)15(21)16-10-11-5-3-4-6-13(11)19/h7-8,11,13,19H,2-6,9-10H2,1H3,(H,16,21). The Hall–Kier alpha value is -1.69. The SMILES string of the molecule is CCCn1nc(C(=O)NCC2CCCCC2O)ccc1=O. The molecule has 1 aliphatic carbocycles. The second-order valence-electron chi connectivity index (χ2n) is 5.60. The van der Waals surface area contributed by atoms with Crippen LogP contribution in [0, 0.1) is 5.92 Å². The molecule has 0 aromatic carbocycles. The third kappa shape index (κ3) is 4.14. The maximum atomic E-state index is 12.1. The van der Waals surface area contributed by atoms with Crippen molar-refractivity contribution in [3.05, 3.63) is 28.2 Å². The van der Waals surface area contributed by atoms with E-state index >= 15 is 0 Å². The molecule has 116 valence electrons. The van der Waals surface area contributed by atoms with E-state index in [1.165, 1.54) is 16.8 Å². The summed E-state index contributed by atoms with van der Waals surface area (Å²) in [6.07, 6.45) is 4.34. The third-order valence-electron chi connectivity index (χ3n) is 3.93. The van der Waals surface area contributed by atoms with E-state index in [4.69, 9.17) is 0 Å². The van der Waals surface area contributed by atoms with Gasteiger partial charge in [0.1, 0.15) is 5.69 Å². The van der Waals surface area contributed by atoms with Gasteiger partial charge in [0.05, 0.1) is 6.10 Å². The van der Waals surface area contributed by atoms with Crippen LogP contribution in [0.5, 0.6) is 0 Å². The molecule has 1 aromatic heterocycles. The Morgan fingerprint density at radius 3 is 2.90 bits per heavy atom. The molecule has 0 saturated heterocycles. The normalized spacial score (nSPS) is 22.0. The van der Waals surface area contributed by atoms with Crippen molar-refractivity contribution < 1.29 is 9.90 Å². The van der Waals surface area contributed by atoms with Crippen molar-refractivity contribution >= 4 is 5.91 Å². The number of aliphatic hydroxyl groups is 1. The number of nitrogens with one attached hydrogen (secondary N) is 1. The van der Waals surface area contributed by atoms with Gasteiger partial charge in [-0.2, -0.15) is 5.10 Å². The van der Waals surface area contributed by atoms with E-state index in [2.05, 4.69) is 10.4 Å². The number of amides is 1. The van der Waals surface area contributed by atoms with Gasteiger partial charge in [0.15, 0.2) is 0 Å². The first kappa shape index (κ1) is 15.7. The number of carbonyl (C=O) groups excluding carboxylic acids is 1. The van der Waals surface area contributed by atoms with E-state index in [9.17, 15) is 14.7 Å². The van der Waals surface area contributed by atoms with Crippen molar-refractivity contribution in [2.45, 2.75) is 51.7 Å². The van der Waals surface area contributed by atoms with Gasteiger partial charge < -0.3 is 10.4 Å². The topological polar surface area (TPSA) is 84.2 Å². The van der Waals surface area contributed by atoms with E-state index < -0.39 is 0 Å². The van der Waals surface area contributed by atoms with Crippen LogP contribution < -0.4 is 10.9 Å². The summed E-state index contributed by atoms with van der Waals surface area (Å²) in [5.74, 6) is -0.179. The Morgan fingerprint density at radius 2 is 2.19 bits per heavy atom. The van der Waals surface area contributed by atoms with Crippen LogP contribution in [0.15, 0.2) is 16.9 Å². The molecule has 1 heterocycles. The minimum Gasteiger partial charge on any atom is -0.393 e. The molecule has 0 bridgehead atoms. The second-order valence-corrected chi connectivity index (χ2v) is 5.60. The molecule has 2 rings (SSSR count). The van der Waals surface area contributed by atoms with Gasteiger partial charge in [-0.15, -0.1) is 0 Å². The molecule has 2 unspecified atom stereocenters. The highest BCUT2D eigenvalue weighted by Gasteiger charge is 2.23. The molecule has 6 heteroatoms. The summed E-state index contributed by atoms with van der Waals surface area (Å²) >= 11 is 0. The molecule has 0 aliphatic heterocycles. The molecule has 0 spiro atoms. The quantitative estimate of drug-likeness (QED) is 0.846. The highest BCUT2D eigenvalue weighted by Crippen LogP contribution is 2.23. The van der Waals surface area contributed by atoms with Crippen molar-refractivity contribution in [1.82, 2.24) is 15.1 Å². The van der Waals surface area contributed by atoms with Crippen LogP contribution in [-0.4, -0.2) is 33.4 Å². The maximum Gasteiger partial charge on any atom is 0.271 e. The van der Waals surface area contributed by atoms with Gasteiger partial charge in [0.2, 0.25) is 0 Å². The van der Waals surface area contributed by atoms with Crippen LogP contribution in [0.4, 0.5) is 0 Å². The summed E-state index contributed by atoms with van der Waals surface area (Å²) in [5, 5.41) is 16.8. The van der Waals surface area contributed by atoms with Crippen LogP contribution >= 0.6 is 0 Å². The zero-order valence-corrected chi connectivity index (χ0v) is 12.4. The molecule has 1 amide bonds. The zero-order valence-electron chi connectivity index (χ0n) is 12.4. The highest BCUT2D eigenvalue weighted by molar-refractivity contribution is 5.91. The van der Waals surface area contributed by atoms with Crippen LogP contribution in [0.25, 0.3) is 0 Å². The second kappa shape index (κ2) is 7.36. The van der Waals surface area contributed by atoms with Gasteiger partial charge in [-0.1, -0.05) is 19.8 Å². The Labute approximate surface area is 124 Å². The lowest BCUT2D eigenvalue weighted by atomic mass is 9.86. The lowest BCUT2D eigenvalue weighted by molar-refractivity contribution is 0.0661. The molecule has 21 heavy (non-hydrogen) atoms. The maximum absolute atomic E-state index is 12.1. The van der Waals surface area contributed by atoms with Crippen molar-refractivity contribution in [3.8, 4) is 0 Å². The van der Waals surface area contributed by atoms with Crippen molar-refractivity contribution in [1.29, 1.82) is 0 Å². The summed E-state index contributed by atoms with van der Waals surface area (Å²) in [6, 6.07) is 2.81. The number of hydrogen-bond acceptors (Lipinski definition) is 4. The van der Waals surface area contributed by atoms with E-state index in [0.29, 0.717) is 13.1 Å². The van der Waals surface area contributed by atoms with E-state index in [1.54, 1.807) is 0 Å². The Bertz CT molecular complexity index is 541. The number of nitrogens with zero attached hydrogens (tertiary/aromatic N) is 2. The van der Waals surface area contributed by atoms with Gasteiger partial charge in [-0.25, -0.2) is 4.68 Å². The number of hydrogen-bond donors (Lipinski definition) is 2. The zero-order chi connectivity index (χ0) is 15.2. The number of rotatable bonds is 5. The van der Waals surface area contributed by atoms with E-state index in [1.807, 2.05) is 6.92 Å². The van der Waals surface area contributed by atoms with Crippen molar-refractivity contribution in [2.24, 2.45) is 5.92 Å². The predicted octanol–water partition coefficient (Wildman–Crippen LogP) is 0.934. The van der Waals surface area contributed by atoms with Gasteiger partial charge in [-0.05, 0) is 25.3 Å². The molecule has 1 saturated carbocycles. The fourth-order valence-electron chi connectivity index (χ4n) is 2.68. The van der Waals surface area contributed by atoms with E-state index in [0.717, 1.165) is 32.1 Å². The Morgan fingerprint density at radius 1 is 1.43 bits per heavy atom. The minimum absolute atomic E-state index is 0.115. The molecular formula is C15H23N3O3. The number of aromatic nitrogens is 2. The fourth-order valence-corrected chi connectivity index (χ4v) is 2.68. The van der Waals surface area contributed by atoms with Gasteiger partial charge in [0, 0.05) is 25.1 Å². The van der Waals surface area contributed by atoms with Crippen LogP contribution in [0.3, 0.4) is 0 Å². The molecule has 0 radical (unpaired) electrons. The average Bonchev–Trinajstić information content (AvgIpc) is 2.48. The largest absolute Gasteiger partial charge is 0.393 e. The summed E-state index contributed by atoms with van der Waals surface area (Å²) in [4.78, 5) is 23.7. The Kier molecular flexibility index (Phi) is 5.50. The smallest absolute Gasteiger partial charge is 0.271 e. The van der Waals surface area contributed by atoms with Crippen molar-refractivity contribution in [3.63, 3.8) is 0 Å². The first-order valence-electron chi connectivity index (χ1n) is 7.66. The van der Waals surface area contributed by atoms with E-state index in [-0.39, 0.29) is 29.2 Å². The van der Waals surface area contributed by atoms with Gasteiger partial charge >= 0.3 is 0 Å². The molecular weight excluding hydrogens is 270 g/mol. The number of carbonyl (C=O) groups is 1. The Balaban J connectivity index is 1.96. The molecule has 2 N–H and O–H groups in total. The lowest BCUT2D eigenvalue weighted by Crippen LogP contribution is -2.37. The molecule has 1 fully saturated rings. The number of aliphatic hydroxyl groups excluding tert-OH is 1. The molecule has 6 nitrogen and oxygen atoms in total. The molecule has 1 aliphatic rings. The summed E-state index contributed by atoms with van der Waals surface area (Å²) < 4.78 is 1.31. The third-order valence-corrected chi connectivity index (χ3v) is 3.93. The summed E-state index contributed by atoms with van der Waals surface area (Å²) in [7, 11) is 0. The molecule has 2 atom stereocenters. The van der Waals surface area contributed by atoms with Gasteiger partial charge in [-0.3, -0.25) is 9.59 Å². The monoisotopic (exact) mass is 293 g/mol. The lowest BCUT2D eigenvalue weighted by Gasteiger charge is -2.27. The minimum atomic E-state index is -0.332. The number of aryl methyl sites for hydroxylation is 1. The average molecular weight is 293 g/mol.